The van der Waals surface area contributed by atoms with Crippen LogP contribution in [0.5, 0.6) is 0 Å². The zero-order chi connectivity index (χ0) is 0. The predicted octanol–water partition coefficient (Wildman–Crippen LogP) is -41.4. The molecule has 0 amide bonds. The molecular weight excluding hydrogens is 874 g/mol. The van der Waals surface area contributed by atoms with E-state index in [4.69, 9.17) is 0 Å². The third-order valence-corrected chi connectivity index (χ3v) is 0. The Morgan fingerprint density at radius 3 is 0.435 bits per heavy atom. The molecule has 23 heavy (non-hydrogen) atoms. The number of hydrogen-bond donors (Lipinski definition) is 0. The number of halogens is 15. The fraction of sp³-hybridized carbons (Fsp3) is 0. The summed E-state index contributed by atoms with van der Waals surface area (Å²) in [7, 11) is 0. The van der Waals surface area contributed by atoms with Crippen LogP contribution < -0.4 is 230 Å². The van der Waals surface area contributed by atoms with Crippen LogP contribution in [-0.4, -0.2) is 60.8 Å². The quantitative estimate of drug-likeness (QED) is 0.168. The van der Waals surface area contributed by atoms with E-state index in [0.29, 0.717) is 0 Å². The van der Waals surface area contributed by atoms with E-state index < -0.39 is 0 Å². The molecule has 1 unspecified atom stereocenters. The summed E-state index contributed by atoms with van der Waals surface area (Å²) in [5.41, 5.74) is 0. The molecule has 0 N–H and O–H groups in total. The Bertz CT molecular complexity index is 45.4. The summed E-state index contributed by atoms with van der Waals surface area (Å²) >= 11 is 0. The minimum Gasteiger partial charge on any atom is -1.00 e. The summed E-state index contributed by atoms with van der Waals surface area (Å²) < 4.78 is 0. The van der Waals surface area contributed by atoms with Crippen LogP contribution in [0.25, 0.3) is 0 Å². The zero-order valence-electron chi connectivity index (χ0n) is 11.2. The summed E-state index contributed by atoms with van der Waals surface area (Å²) in [5, 5.41) is 0. The molecule has 143 valence electrons. The average molecular weight is 880 g/mol. The van der Waals surface area contributed by atoms with E-state index in [1.807, 2.05) is 0 Å². The molecule has 0 aromatic carbocycles. The minimum atomic E-state index is 0. The maximum absolute atomic E-state index is 0. The van der Waals surface area contributed by atoms with Gasteiger partial charge in [0.1, 0.15) is 0 Å². The van der Waals surface area contributed by atoms with Crippen LogP contribution in [-0.2, 0) is 53.6 Å². The van der Waals surface area contributed by atoms with Crippen molar-refractivity contribution in [1.82, 2.24) is 0 Å². The monoisotopic (exact) mass is 870 g/mol. The Kier molecular flexibility index (Phi) is 3650. The van der Waals surface area contributed by atoms with Gasteiger partial charge < -0.3 is 149 Å². The molecule has 0 nitrogen and oxygen atoms in total. The van der Waals surface area contributed by atoms with Gasteiger partial charge in [0.15, 0.2) is 0 Å². The average Bonchev–Trinajstić information content (AvgIpc) is 0. The summed E-state index contributed by atoms with van der Waals surface area (Å²) in [4.78, 5) is 0. The smallest absolute Gasteiger partial charge is 1.00 e. The first kappa shape index (κ1) is 303. The van der Waals surface area contributed by atoms with Gasteiger partial charge >= 0.3 is 195 Å². The molecule has 0 saturated carbocycles. The first-order valence-electron chi connectivity index (χ1n) is 0. The van der Waals surface area contributed by atoms with Gasteiger partial charge in [-0.1, -0.05) is 0 Å². The SMILES string of the molecule is Cl.Cl.Cl.P.[Ca+2].[Cl-].[Cl-].[Cl-].[Cl-].[Cl-].[Cl-].[Cl-].[Cl-].[Cl-].[Cl-].[Cl-].[Cl-].[Cu+2].[Fe+2].[K+].[Mg+2].[Na+].[Zn+2]. The first-order chi connectivity index (χ1) is 0. The van der Waals surface area contributed by atoms with Gasteiger partial charge in [0.25, 0.3) is 0 Å². The molecule has 0 spiro atoms. The molecule has 1 radical (unpaired) electrons. The maximum atomic E-state index is 0. The topological polar surface area (TPSA) is 0 Å². The molecule has 0 aliphatic heterocycles. The predicted molar refractivity (Wildman–Crippen MR) is 44.4 cm³/mol. The minimum absolute atomic E-state index is 0. The van der Waals surface area contributed by atoms with Gasteiger partial charge in [-0.05, 0) is 0 Å². The van der Waals surface area contributed by atoms with Crippen LogP contribution in [0.2, 0.25) is 0 Å². The van der Waals surface area contributed by atoms with Gasteiger partial charge in [0, 0.05) is 0 Å². The van der Waals surface area contributed by atoms with Crippen molar-refractivity contribution < 1.29 is 283 Å². The van der Waals surface area contributed by atoms with Gasteiger partial charge in [-0.3, -0.25) is 0 Å². The Morgan fingerprint density at radius 1 is 0.435 bits per heavy atom. The van der Waals surface area contributed by atoms with Gasteiger partial charge in [-0.2, -0.15) is 9.90 Å². The largest absolute Gasteiger partial charge is 2.00 e. The third kappa shape index (κ3) is 260. The van der Waals surface area contributed by atoms with Crippen molar-refractivity contribution in [3.63, 3.8) is 0 Å². The van der Waals surface area contributed by atoms with E-state index in [-0.39, 0.29) is 391 Å². The van der Waals surface area contributed by atoms with E-state index in [0.717, 1.165) is 0 Å². The summed E-state index contributed by atoms with van der Waals surface area (Å²) in [6.45, 7) is 0. The van der Waals surface area contributed by atoms with Crippen molar-refractivity contribution in [3.8, 4) is 0 Å². The molecule has 23 heteroatoms. The van der Waals surface area contributed by atoms with Crippen LogP contribution >= 0.6 is 47.1 Å². The molecule has 0 heterocycles. The Morgan fingerprint density at radius 2 is 0.435 bits per heavy atom. The fourth-order valence-electron chi connectivity index (χ4n) is 0. The van der Waals surface area contributed by atoms with Crippen LogP contribution in [0.4, 0.5) is 0 Å². The molecule has 0 aliphatic carbocycles. The standard InChI is InChI=1S/Ca.15ClH.Cu.Fe.K.Mg.Na.H3P.Zn/h;15*1H;;;;;;1H3;/q+2;;;;;;;;;;;;;;;;2*+2;+1;+2;+1;;+2/p-12. The summed E-state index contributed by atoms with van der Waals surface area (Å²) in [6, 6.07) is 0. The Hall–Kier alpha value is 11.1. The van der Waals surface area contributed by atoms with Gasteiger partial charge in [0.2, 0.25) is 0 Å². The number of hydrogen-bond acceptors (Lipinski definition) is 0. The second-order valence-electron chi connectivity index (χ2n) is 0. The maximum Gasteiger partial charge on any atom is 2.00 e. The van der Waals surface area contributed by atoms with Crippen molar-refractivity contribution in [1.29, 1.82) is 0 Å². The molecule has 1 atom stereocenters. The first-order valence-corrected chi connectivity index (χ1v) is 0. The fourth-order valence-corrected chi connectivity index (χ4v) is 0. The van der Waals surface area contributed by atoms with Crippen LogP contribution in [0, 0.1) is 0 Å². The molecule has 0 saturated heterocycles. The molecule has 0 rings (SSSR count). The van der Waals surface area contributed by atoms with Gasteiger partial charge in [-0.15, -0.1) is 37.2 Å². The molecule has 0 aromatic rings. The van der Waals surface area contributed by atoms with Gasteiger partial charge in [0.05, 0.1) is 0 Å². The van der Waals surface area contributed by atoms with E-state index >= 15 is 0 Å². The summed E-state index contributed by atoms with van der Waals surface area (Å²) in [5.74, 6) is 0. The summed E-state index contributed by atoms with van der Waals surface area (Å²) in [6.07, 6.45) is 0. The van der Waals surface area contributed by atoms with Crippen LogP contribution in [0.1, 0.15) is 0 Å². The normalized spacial score (nSPS) is 0. The molecule has 0 fully saturated rings. The van der Waals surface area contributed by atoms with Crippen molar-refractivity contribution in [2.75, 3.05) is 0 Å². The van der Waals surface area contributed by atoms with E-state index in [1.54, 1.807) is 0 Å². The molecule has 0 aromatic heterocycles. The van der Waals surface area contributed by atoms with Crippen molar-refractivity contribution in [3.05, 3.63) is 0 Å². The molecule has 0 bridgehead atoms. The van der Waals surface area contributed by atoms with E-state index in [1.165, 1.54) is 0 Å². The van der Waals surface area contributed by atoms with Gasteiger partial charge in [-0.25, -0.2) is 0 Å². The van der Waals surface area contributed by atoms with Crippen LogP contribution in [0.3, 0.4) is 0 Å². The Labute approximate surface area is 381 Å². The van der Waals surface area contributed by atoms with Crippen molar-refractivity contribution in [2.45, 2.75) is 0 Å². The van der Waals surface area contributed by atoms with E-state index in [9.17, 15) is 0 Å². The second-order valence-corrected chi connectivity index (χ2v) is 0. The second kappa shape index (κ2) is 277. The Balaban J connectivity index is 0. The molecule has 0 aliphatic rings. The zero-order valence-corrected chi connectivity index (χ0v) is 37.9. The van der Waals surface area contributed by atoms with Crippen molar-refractivity contribution >= 4 is 108 Å². The number of rotatable bonds is 0. The van der Waals surface area contributed by atoms with Crippen molar-refractivity contribution in [2.24, 2.45) is 0 Å². The third-order valence-electron chi connectivity index (χ3n) is 0. The van der Waals surface area contributed by atoms with Crippen LogP contribution in [0.15, 0.2) is 0 Å². The van der Waals surface area contributed by atoms with E-state index in [2.05, 4.69) is 0 Å². The molecular formula is H6CaCl15CuFeKMgNaPZn.